The third kappa shape index (κ3) is 4.65. The van der Waals surface area contributed by atoms with Crippen LogP contribution >= 0.6 is 11.8 Å². The number of thioether (sulfide) groups is 1. The second-order valence-electron chi connectivity index (χ2n) is 7.49. The molecule has 30 heavy (non-hydrogen) atoms. The molecule has 2 fully saturated rings. The highest BCUT2D eigenvalue weighted by Gasteiger charge is 2.30. The molecule has 0 saturated carbocycles. The number of nitrogens with zero attached hydrogens (tertiary/aromatic N) is 3. The minimum Gasteiger partial charge on any atom is -0.339 e. The monoisotopic (exact) mass is 431 g/mol. The van der Waals surface area contributed by atoms with Crippen molar-refractivity contribution in [1.82, 2.24) is 14.7 Å². The molecule has 2 saturated heterocycles. The lowest BCUT2D eigenvalue weighted by Gasteiger charge is -2.40. The first kappa shape index (κ1) is 20.8. The molecule has 5 nitrogen and oxygen atoms in total. The van der Waals surface area contributed by atoms with Crippen molar-refractivity contribution in [2.75, 3.05) is 44.4 Å². The predicted molar refractivity (Wildman–Crippen MR) is 112 cm³/mol. The first-order chi connectivity index (χ1) is 14.5. The molecule has 2 aromatic rings. The molecule has 8 heteroatoms. The largest absolute Gasteiger partial charge is 0.339 e. The summed E-state index contributed by atoms with van der Waals surface area (Å²) >= 11 is 1.52. The highest BCUT2D eigenvalue weighted by molar-refractivity contribution is 8.00. The fraction of sp³-hybridized carbons (Fsp3) is 0.364. The molecule has 158 valence electrons. The minimum atomic E-state index is -0.304. The second kappa shape index (κ2) is 9.14. The molecule has 0 aromatic heterocycles. The van der Waals surface area contributed by atoms with Crippen LogP contribution in [0.3, 0.4) is 0 Å². The summed E-state index contributed by atoms with van der Waals surface area (Å²) in [6.45, 7) is 2.49. The molecule has 0 atom stereocenters. The van der Waals surface area contributed by atoms with Gasteiger partial charge in [0, 0.05) is 26.2 Å². The fourth-order valence-corrected chi connectivity index (χ4v) is 4.84. The zero-order valence-electron chi connectivity index (χ0n) is 16.5. The van der Waals surface area contributed by atoms with E-state index in [-0.39, 0.29) is 36.0 Å². The number of amides is 2. The first-order valence-corrected chi connectivity index (χ1v) is 11.0. The van der Waals surface area contributed by atoms with Crippen LogP contribution in [0.4, 0.5) is 8.78 Å². The van der Waals surface area contributed by atoms with Gasteiger partial charge in [0.1, 0.15) is 18.2 Å². The Bertz CT molecular complexity index is 854. The van der Waals surface area contributed by atoms with Crippen LogP contribution in [0.2, 0.25) is 0 Å². The van der Waals surface area contributed by atoms with Crippen LogP contribution in [0.15, 0.2) is 48.5 Å². The SMILES string of the molecule is O=C(CN1CSCC1=O)N1CCN(C(c2ccc(F)cc2)c2ccc(F)cc2)CC1. The molecule has 2 amide bonds. The van der Waals surface area contributed by atoms with Gasteiger partial charge in [-0.05, 0) is 35.4 Å². The van der Waals surface area contributed by atoms with E-state index in [0.29, 0.717) is 37.8 Å². The third-order valence-electron chi connectivity index (χ3n) is 5.56. The molecule has 2 aromatic carbocycles. The number of carbonyl (C=O) groups is 2. The Kier molecular flexibility index (Phi) is 6.34. The van der Waals surface area contributed by atoms with E-state index in [9.17, 15) is 18.4 Å². The van der Waals surface area contributed by atoms with Crippen molar-refractivity contribution in [2.24, 2.45) is 0 Å². The Balaban J connectivity index is 1.46. The molecule has 0 aliphatic carbocycles. The summed E-state index contributed by atoms with van der Waals surface area (Å²) in [6, 6.07) is 12.5. The average Bonchev–Trinajstić information content (AvgIpc) is 3.16. The van der Waals surface area contributed by atoms with E-state index in [1.165, 1.54) is 36.0 Å². The van der Waals surface area contributed by atoms with Crippen molar-refractivity contribution in [3.8, 4) is 0 Å². The van der Waals surface area contributed by atoms with Crippen LogP contribution in [0.5, 0.6) is 0 Å². The molecule has 0 radical (unpaired) electrons. The van der Waals surface area contributed by atoms with Crippen LogP contribution in [0, 0.1) is 11.6 Å². The van der Waals surface area contributed by atoms with Crippen molar-refractivity contribution < 1.29 is 18.4 Å². The molecular weight excluding hydrogens is 408 g/mol. The summed E-state index contributed by atoms with van der Waals surface area (Å²) < 4.78 is 26.9. The molecule has 0 spiro atoms. The van der Waals surface area contributed by atoms with Crippen LogP contribution in [-0.4, -0.2) is 70.9 Å². The second-order valence-corrected chi connectivity index (χ2v) is 8.45. The zero-order chi connectivity index (χ0) is 21.1. The van der Waals surface area contributed by atoms with Gasteiger partial charge in [-0.15, -0.1) is 11.8 Å². The van der Waals surface area contributed by atoms with Crippen molar-refractivity contribution >= 4 is 23.6 Å². The van der Waals surface area contributed by atoms with Gasteiger partial charge in [-0.25, -0.2) is 8.78 Å². The Labute approximate surface area is 178 Å². The minimum absolute atomic E-state index is 0.0136. The van der Waals surface area contributed by atoms with E-state index in [2.05, 4.69) is 4.90 Å². The topological polar surface area (TPSA) is 43.9 Å². The van der Waals surface area contributed by atoms with Crippen molar-refractivity contribution in [3.63, 3.8) is 0 Å². The standard InChI is InChI=1S/C22H23F2N3O2S/c23-18-5-1-16(2-6-18)22(17-3-7-19(24)8-4-17)26-11-9-25(10-12-26)20(28)13-27-15-30-14-21(27)29/h1-8,22H,9-15H2. The summed E-state index contributed by atoms with van der Waals surface area (Å²) in [4.78, 5) is 30.0. The number of carbonyl (C=O) groups excluding carboxylic acids is 2. The number of hydrogen-bond donors (Lipinski definition) is 0. The van der Waals surface area contributed by atoms with Gasteiger partial charge in [-0.1, -0.05) is 24.3 Å². The maximum Gasteiger partial charge on any atom is 0.242 e. The third-order valence-corrected chi connectivity index (χ3v) is 6.50. The van der Waals surface area contributed by atoms with Crippen molar-refractivity contribution in [2.45, 2.75) is 6.04 Å². The maximum atomic E-state index is 13.4. The molecular formula is C22H23F2N3O2S. The average molecular weight is 432 g/mol. The van der Waals surface area contributed by atoms with Gasteiger partial charge >= 0.3 is 0 Å². The molecule has 2 heterocycles. The van der Waals surface area contributed by atoms with Gasteiger partial charge < -0.3 is 9.80 Å². The summed E-state index contributed by atoms with van der Waals surface area (Å²) in [5.74, 6) is 0.383. The van der Waals surface area contributed by atoms with E-state index in [0.717, 1.165) is 11.1 Å². The molecule has 0 bridgehead atoms. The normalized spacial score (nSPS) is 17.8. The van der Waals surface area contributed by atoms with Gasteiger partial charge in [-0.3, -0.25) is 14.5 Å². The number of piperazine rings is 1. The number of hydrogen-bond acceptors (Lipinski definition) is 4. The molecule has 0 unspecified atom stereocenters. The number of benzene rings is 2. The Morgan fingerprint density at radius 3 is 1.90 bits per heavy atom. The van der Waals surface area contributed by atoms with Crippen LogP contribution in [0.1, 0.15) is 17.2 Å². The van der Waals surface area contributed by atoms with Crippen molar-refractivity contribution in [1.29, 1.82) is 0 Å². The van der Waals surface area contributed by atoms with Gasteiger partial charge in [0.2, 0.25) is 11.8 Å². The lowest BCUT2D eigenvalue weighted by atomic mass is 9.96. The quantitative estimate of drug-likeness (QED) is 0.730. The molecule has 2 aliphatic rings. The summed E-state index contributed by atoms with van der Waals surface area (Å²) in [5, 5.41) is 0. The van der Waals surface area contributed by atoms with Crippen molar-refractivity contribution in [3.05, 3.63) is 71.3 Å². The van der Waals surface area contributed by atoms with E-state index in [1.54, 1.807) is 34.1 Å². The lowest BCUT2D eigenvalue weighted by Crippen LogP contribution is -2.52. The number of halogens is 2. The molecule has 2 aliphatic heterocycles. The van der Waals surface area contributed by atoms with Gasteiger partial charge in [0.15, 0.2) is 0 Å². The number of rotatable bonds is 5. The highest BCUT2D eigenvalue weighted by Crippen LogP contribution is 2.30. The van der Waals surface area contributed by atoms with Gasteiger partial charge in [0.05, 0.1) is 17.7 Å². The zero-order valence-corrected chi connectivity index (χ0v) is 17.3. The Hall–Kier alpha value is -2.45. The fourth-order valence-electron chi connectivity index (χ4n) is 3.94. The maximum absolute atomic E-state index is 13.4. The predicted octanol–water partition coefficient (Wildman–Crippen LogP) is 2.73. The van der Waals surface area contributed by atoms with Crippen LogP contribution < -0.4 is 0 Å². The highest BCUT2D eigenvalue weighted by atomic mass is 32.2. The van der Waals surface area contributed by atoms with Crippen LogP contribution in [0.25, 0.3) is 0 Å². The van der Waals surface area contributed by atoms with E-state index < -0.39 is 0 Å². The van der Waals surface area contributed by atoms with Gasteiger partial charge in [0.25, 0.3) is 0 Å². The first-order valence-electron chi connectivity index (χ1n) is 9.89. The molecule has 0 N–H and O–H groups in total. The van der Waals surface area contributed by atoms with E-state index in [4.69, 9.17) is 0 Å². The Morgan fingerprint density at radius 2 is 1.43 bits per heavy atom. The van der Waals surface area contributed by atoms with Crippen LogP contribution in [-0.2, 0) is 9.59 Å². The summed E-state index contributed by atoms with van der Waals surface area (Å²) in [7, 11) is 0. The van der Waals surface area contributed by atoms with E-state index in [1.807, 2.05) is 0 Å². The van der Waals surface area contributed by atoms with Gasteiger partial charge in [-0.2, -0.15) is 0 Å². The smallest absolute Gasteiger partial charge is 0.242 e. The Morgan fingerprint density at radius 1 is 0.900 bits per heavy atom. The summed E-state index contributed by atoms with van der Waals surface area (Å²) in [5.41, 5.74) is 1.84. The molecule has 4 rings (SSSR count). The van der Waals surface area contributed by atoms with E-state index >= 15 is 0 Å². The lowest BCUT2D eigenvalue weighted by molar-refractivity contribution is -0.139. The summed E-state index contributed by atoms with van der Waals surface area (Å²) in [6.07, 6.45) is 0.